The summed E-state index contributed by atoms with van der Waals surface area (Å²) in [6, 6.07) is 0.508. The maximum Gasteiger partial charge on any atom is 0.501 e. The third kappa shape index (κ3) is 46.0. The van der Waals surface area contributed by atoms with Gasteiger partial charge in [-0.1, -0.05) is 18.0 Å². The molecule has 0 aromatic carbocycles. The minimum atomic E-state index is -2.96. The molecule has 56 heavy (non-hydrogen) atoms. The van der Waals surface area contributed by atoms with Gasteiger partial charge < -0.3 is 64.1 Å². The molecule has 0 unspecified atom stereocenters. The highest BCUT2D eigenvalue weighted by Crippen LogP contribution is 2.19. The molecular weight excluding hydrogens is 813 g/mol. The van der Waals surface area contributed by atoms with Gasteiger partial charge >= 0.3 is 14.8 Å². The second kappa shape index (κ2) is 39.7. The van der Waals surface area contributed by atoms with Gasteiger partial charge in [0.15, 0.2) is 27.1 Å². The molecule has 338 valence electrons. The zero-order valence-electron chi connectivity index (χ0n) is 38.7. The first-order valence-corrected chi connectivity index (χ1v) is 26.4. The standard InChI is InChI=1S/C16H32O8Si.C6H14O2Si.C6H14OSi.2C4H12O2Si/c1-15(2)16(17)21-7-6-14-25(22-11-8-18-3,23-12-9-19-4)24-13-10-20-5;1-5-9-8-6(2,3)7-4;1-5-7-8(3,4)6-2;2*1-4(2,5-3)6-7/h1,6-14H2,2-5H3;5H,1,9H2,2-4H3;6H,2,5H2,1,3-4H3;2*1-3,7H3. The average molecular weight is 897 g/mol. The fourth-order valence-corrected chi connectivity index (χ4v) is 6.95. The fraction of sp³-hybridized carbons (Fsp3) is 0.806. The van der Waals surface area contributed by atoms with Gasteiger partial charge in [-0.15, -0.1) is 13.2 Å². The van der Waals surface area contributed by atoms with E-state index in [1.807, 2.05) is 59.9 Å². The molecule has 15 nitrogen and oxygen atoms in total. The van der Waals surface area contributed by atoms with Crippen LogP contribution in [0.25, 0.3) is 0 Å². The van der Waals surface area contributed by atoms with E-state index in [4.69, 9.17) is 64.1 Å². The summed E-state index contributed by atoms with van der Waals surface area (Å²) in [6.07, 6.45) is 0.554. The molecule has 0 rings (SSSR count). The van der Waals surface area contributed by atoms with E-state index in [-0.39, 0.29) is 18.2 Å². The average Bonchev–Trinajstić information content (AvgIpc) is 3.17. The second-order valence-corrected chi connectivity index (χ2v) is 21.9. The predicted octanol–water partition coefficient (Wildman–Crippen LogP) is 3.32. The van der Waals surface area contributed by atoms with Gasteiger partial charge in [0.1, 0.15) is 21.0 Å². The maximum absolute atomic E-state index is 11.4. The van der Waals surface area contributed by atoms with Crippen molar-refractivity contribution in [2.24, 2.45) is 0 Å². The van der Waals surface area contributed by atoms with Gasteiger partial charge in [-0.25, -0.2) is 4.79 Å². The molecule has 0 radical (unpaired) electrons. The molecule has 0 amide bonds. The van der Waals surface area contributed by atoms with Crippen LogP contribution in [-0.4, -0.2) is 167 Å². The summed E-state index contributed by atoms with van der Waals surface area (Å²) in [6.45, 7) is 33.5. The summed E-state index contributed by atoms with van der Waals surface area (Å²) >= 11 is 0. The van der Waals surface area contributed by atoms with Crippen LogP contribution in [0.1, 0.15) is 61.8 Å². The van der Waals surface area contributed by atoms with Crippen LogP contribution in [0.5, 0.6) is 0 Å². The van der Waals surface area contributed by atoms with Gasteiger partial charge in [-0.05, 0) is 74.9 Å². The van der Waals surface area contributed by atoms with Crippen LogP contribution in [0, 0.1) is 0 Å². The van der Waals surface area contributed by atoms with Crippen molar-refractivity contribution in [1.82, 2.24) is 0 Å². The Bertz CT molecular complexity index is 888. The number of ether oxygens (including phenoxy) is 7. The molecular formula is C36H84O15Si5. The number of carbonyl (C=O) groups is 1. The van der Waals surface area contributed by atoms with E-state index >= 15 is 0 Å². The van der Waals surface area contributed by atoms with E-state index in [1.165, 1.54) is 0 Å². The SMILES string of the molecule is C=C(C)C(=O)OCCC[Si](OCCOC)(OCCOC)OCCOC.C=C[SiH2]OC(C)(C)OC.C=C[Si](C)(C)OCC.COC(C)(C)O[SiH3].COC(C)(C)O[SiH3]. The van der Waals surface area contributed by atoms with Crippen LogP contribution in [0.4, 0.5) is 0 Å². The molecule has 0 spiro atoms. The molecule has 0 saturated heterocycles. The van der Waals surface area contributed by atoms with Gasteiger partial charge in [0.05, 0.1) is 46.2 Å². The highest BCUT2D eigenvalue weighted by atomic mass is 28.4. The zero-order chi connectivity index (χ0) is 44.7. The van der Waals surface area contributed by atoms with E-state index in [9.17, 15) is 4.79 Å². The van der Waals surface area contributed by atoms with Crippen molar-refractivity contribution in [2.75, 3.05) is 95.5 Å². The lowest BCUT2D eigenvalue weighted by Gasteiger charge is -2.29. The van der Waals surface area contributed by atoms with Gasteiger partial charge in [-0.2, -0.15) is 0 Å². The van der Waals surface area contributed by atoms with Crippen LogP contribution in [0.15, 0.2) is 36.7 Å². The Balaban J connectivity index is -0.000000227. The van der Waals surface area contributed by atoms with Crippen molar-refractivity contribution >= 4 is 53.8 Å². The lowest BCUT2D eigenvalue weighted by Crippen LogP contribution is -2.48. The first-order valence-electron chi connectivity index (χ1n) is 18.5. The fourth-order valence-electron chi connectivity index (χ4n) is 2.68. The van der Waals surface area contributed by atoms with Crippen molar-refractivity contribution in [3.8, 4) is 0 Å². The van der Waals surface area contributed by atoms with Crippen LogP contribution in [0.3, 0.4) is 0 Å². The lowest BCUT2D eigenvalue weighted by atomic mass is 10.4. The van der Waals surface area contributed by atoms with Crippen LogP contribution in [0.2, 0.25) is 19.1 Å². The predicted molar refractivity (Wildman–Crippen MR) is 239 cm³/mol. The van der Waals surface area contributed by atoms with E-state index < -0.39 is 38.6 Å². The largest absolute Gasteiger partial charge is 0.501 e. The summed E-state index contributed by atoms with van der Waals surface area (Å²) in [7, 11) is 6.24. The van der Waals surface area contributed by atoms with E-state index in [0.29, 0.717) is 57.7 Å². The first kappa shape index (κ1) is 64.4. The van der Waals surface area contributed by atoms with Crippen molar-refractivity contribution in [1.29, 1.82) is 0 Å². The molecule has 0 aliphatic heterocycles. The van der Waals surface area contributed by atoms with Crippen molar-refractivity contribution in [2.45, 2.75) is 98.3 Å². The molecule has 0 saturated carbocycles. The summed E-state index contributed by atoms with van der Waals surface area (Å²) in [5.41, 5.74) is 4.14. The Morgan fingerprint density at radius 3 is 1.30 bits per heavy atom. The molecule has 0 atom stereocenters. The summed E-state index contributed by atoms with van der Waals surface area (Å²) in [4.78, 5) is 11.4. The normalized spacial score (nSPS) is 11.9. The molecule has 0 aromatic rings. The molecule has 0 aliphatic rings. The minimum absolute atomic E-state index is 0.245. The second-order valence-electron chi connectivity index (χ2n) is 13.3. The highest BCUT2D eigenvalue weighted by Gasteiger charge is 2.41. The van der Waals surface area contributed by atoms with Crippen LogP contribution in [-0.2, 0) is 68.9 Å². The third-order valence-electron chi connectivity index (χ3n) is 7.05. The smallest absolute Gasteiger partial charge is 0.462 e. The summed E-state index contributed by atoms with van der Waals surface area (Å²) in [5, 5.41) is 0. The van der Waals surface area contributed by atoms with E-state index in [2.05, 4.69) is 32.8 Å². The summed E-state index contributed by atoms with van der Waals surface area (Å²) < 4.78 is 73.5. The number of rotatable bonds is 28. The number of hydrogen-bond donors (Lipinski definition) is 0. The molecule has 0 fully saturated rings. The number of methoxy groups -OCH3 is 6. The lowest BCUT2D eigenvalue weighted by molar-refractivity contribution is -0.139. The molecule has 0 aliphatic carbocycles. The molecule has 0 heterocycles. The van der Waals surface area contributed by atoms with E-state index in [0.717, 1.165) is 27.6 Å². The number of carbonyl (C=O) groups excluding carboxylic acids is 1. The molecule has 0 aromatic heterocycles. The monoisotopic (exact) mass is 896 g/mol. The van der Waals surface area contributed by atoms with E-state index in [1.54, 1.807) is 49.6 Å². The van der Waals surface area contributed by atoms with Gasteiger partial charge in [0.2, 0.25) is 8.32 Å². The Morgan fingerprint density at radius 1 is 0.679 bits per heavy atom. The highest BCUT2D eigenvalue weighted by molar-refractivity contribution is 6.76. The molecule has 0 N–H and O–H groups in total. The Morgan fingerprint density at radius 2 is 1.07 bits per heavy atom. The maximum atomic E-state index is 11.4. The quantitative estimate of drug-likeness (QED) is 0.0372. The molecule has 0 bridgehead atoms. The Kier molecular flexibility index (Phi) is 45.7. The minimum Gasteiger partial charge on any atom is -0.462 e. The Hall–Kier alpha value is -0.746. The summed E-state index contributed by atoms with van der Waals surface area (Å²) in [5.74, 6) is -1.54. The number of hydrogen-bond acceptors (Lipinski definition) is 15. The topological polar surface area (TPSA) is 146 Å². The van der Waals surface area contributed by atoms with Crippen molar-refractivity contribution in [3.05, 3.63) is 36.7 Å². The van der Waals surface area contributed by atoms with Gasteiger partial charge in [0.25, 0.3) is 0 Å². The zero-order valence-corrected chi connectivity index (χ0v) is 46.1. The first-order chi connectivity index (χ1) is 26.0. The van der Waals surface area contributed by atoms with Gasteiger partial charge in [0, 0.05) is 60.9 Å². The Labute approximate surface area is 352 Å². The van der Waals surface area contributed by atoms with Crippen molar-refractivity contribution < 1.29 is 68.9 Å². The van der Waals surface area contributed by atoms with Crippen molar-refractivity contribution in [3.63, 3.8) is 0 Å². The third-order valence-corrected chi connectivity index (χ3v) is 15.0. The van der Waals surface area contributed by atoms with Gasteiger partial charge in [-0.3, -0.25) is 0 Å². The number of esters is 1. The molecule has 20 heteroatoms. The van der Waals surface area contributed by atoms with Crippen LogP contribution >= 0.6 is 0 Å². The van der Waals surface area contributed by atoms with Crippen LogP contribution < -0.4 is 0 Å².